The molecule has 3 aromatic heterocycles. The molecule has 6 rings (SSSR count). The summed E-state index contributed by atoms with van der Waals surface area (Å²) in [7, 11) is 0. The second kappa shape index (κ2) is 5.66. The van der Waals surface area contributed by atoms with E-state index in [1.165, 1.54) is 16.9 Å². The van der Waals surface area contributed by atoms with Gasteiger partial charge in [0.1, 0.15) is 9.71 Å². The lowest BCUT2D eigenvalue weighted by Crippen LogP contribution is -2.11. The van der Waals surface area contributed by atoms with Gasteiger partial charge in [0.25, 0.3) is 5.91 Å². The number of anilines is 1. The Hall–Kier alpha value is -3.18. The average Bonchev–Trinajstić information content (AvgIpc) is 3.40. The Morgan fingerprint density at radius 1 is 0.964 bits per heavy atom. The van der Waals surface area contributed by atoms with Crippen LogP contribution in [-0.2, 0) is 12.8 Å². The monoisotopic (exact) mass is 383 g/mol. The standard InChI is InChI=1S/C23H17N3OS/c24-20-16-12-13-6-5-9-17(13)25-22(16)28-21(20)23(27)26-18-10-3-1-7-14(18)15-8-2-4-11-19(15)26/h1-4,7-8,10-12H,5-6,9,24H2. The van der Waals surface area contributed by atoms with Crippen LogP contribution in [0.5, 0.6) is 0 Å². The molecule has 3 heterocycles. The number of nitrogens with two attached hydrogens (primary N) is 1. The van der Waals surface area contributed by atoms with Crippen LogP contribution in [0, 0.1) is 0 Å². The van der Waals surface area contributed by atoms with Gasteiger partial charge in [0.2, 0.25) is 0 Å². The molecule has 0 atom stereocenters. The SMILES string of the molecule is Nc1c(C(=O)n2c3ccccc3c3ccccc32)sc2nc3c(cc12)CCC3. The van der Waals surface area contributed by atoms with Gasteiger partial charge in [-0.2, -0.15) is 0 Å². The van der Waals surface area contributed by atoms with Gasteiger partial charge in [0, 0.05) is 21.9 Å². The summed E-state index contributed by atoms with van der Waals surface area (Å²) in [5.74, 6) is -0.0851. The van der Waals surface area contributed by atoms with Gasteiger partial charge >= 0.3 is 0 Å². The summed E-state index contributed by atoms with van der Waals surface area (Å²) in [4.78, 5) is 19.9. The van der Waals surface area contributed by atoms with E-state index in [1.54, 1.807) is 4.57 Å². The number of benzene rings is 2. The maximum atomic E-state index is 13.6. The van der Waals surface area contributed by atoms with Crippen LogP contribution < -0.4 is 5.73 Å². The summed E-state index contributed by atoms with van der Waals surface area (Å²) < 4.78 is 1.79. The quantitative estimate of drug-likeness (QED) is 0.435. The number of para-hydroxylation sites is 2. The number of pyridine rings is 1. The number of hydrogen-bond acceptors (Lipinski definition) is 4. The summed E-state index contributed by atoms with van der Waals surface area (Å²) in [5, 5.41) is 3.06. The number of nitrogens with zero attached hydrogens (tertiary/aromatic N) is 2. The van der Waals surface area contributed by atoms with E-state index in [0.717, 1.165) is 57.0 Å². The van der Waals surface area contributed by atoms with Crippen molar-refractivity contribution in [2.75, 3.05) is 5.73 Å². The topological polar surface area (TPSA) is 60.9 Å². The Morgan fingerprint density at radius 2 is 1.64 bits per heavy atom. The van der Waals surface area contributed by atoms with Crippen LogP contribution in [0.4, 0.5) is 5.69 Å². The van der Waals surface area contributed by atoms with Crippen molar-refractivity contribution in [2.45, 2.75) is 19.3 Å². The van der Waals surface area contributed by atoms with Gasteiger partial charge in [-0.3, -0.25) is 9.36 Å². The number of nitrogen functional groups attached to an aromatic ring is 1. The van der Waals surface area contributed by atoms with Crippen LogP contribution in [0.2, 0.25) is 0 Å². The van der Waals surface area contributed by atoms with Crippen LogP contribution in [-0.4, -0.2) is 15.5 Å². The van der Waals surface area contributed by atoms with E-state index in [9.17, 15) is 4.79 Å². The van der Waals surface area contributed by atoms with Crippen LogP contribution in [0.1, 0.15) is 27.3 Å². The van der Waals surface area contributed by atoms with Crippen LogP contribution in [0.15, 0.2) is 54.6 Å². The van der Waals surface area contributed by atoms with Crippen LogP contribution in [0.3, 0.4) is 0 Å². The highest BCUT2D eigenvalue weighted by molar-refractivity contribution is 7.21. The van der Waals surface area contributed by atoms with Crippen molar-refractivity contribution in [1.29, 1.82) is 0 Å². The van der Waals surface area contributed by atoms with Crippen molar-refractivity contribution in [3.63, 3.8) is 0 Å². The van der Waals surface area contributed by atoms with E-state index in [-0.39, 0.29) is 5.91 Å². The van der Waals surface area contributed by atoms with E-state index >= 15 is 0 Å². The minimum Gasteiger partial charge on any atom is -0.397 e. The zero-order valence-electron chi connectivity index (χ0n) is 15.1. The molecular weight excluding hydrogens is 366 g/mol. The van der Waals surface area contributed by atoms with Gasteiger partial charge in [-0.25, -0.2) is 4.98 Å². The number of hydrogen-bond donors (Lipinski definition) is 1. The second-order valence-electron chi connectivity index (χ2n) is 7.32. The molecule has 0 unspecified atom stereocenters. The highest BCUT2D eigenvalue weighted by Gasteiger charge is 2.24. The molecule has 1 aliphatic carbocycles. The fourth-order valence-electron chi connectivity index (χ4n) is 4.40. The van der Waals surface area contributed by atoms with Crippen LogP contribution >= 0.6 is 11.3 Å². The second-order valence-corrected chi connectivity index (χ2v) is 8.32. The fraction of sp³-hybridized carbons (Fsp3) is 0.130. The van der Waals surface area contributed by atoms with Crippen molar-refractivity contribution < 1.29 is 4.79 Å². The Morgan fingerprint density at radius 3 is 2.36 bits per heavy atom. The molecule has 136 valence electrons. The van der Waals surface area contributed by atoms with Crippen molar-refractivity contribution in [1.82, 2.24) is 9.55 Å². The van der Waals surface area contributed by atoms with Crippen molar-refractivity contribution in [3.05, 3.63) is 70.7 Å². The summed E-state index contributed by atoms with van der Waals surface area (Å²) in [6.45, 7) is 0. The minimum atomic E-state index is -0.0851. The van der Waals surface area contributed by atoms with E-state index in [0.29, 0.717) is 10.6 Å². The lowest BCUT2D eigenvalue weighted by atomic mass is 10.1. The lowest BCUT2D eigenvalue weighted by Gasteiger charge is -2.05. The molecule has 5 aromatic rings. The van der Waals surface area contributed by atoms with Crippen molar-refractivity contribution in [2.24, 2.45) is 0 Å². The van der Waals surface area contributed by atoms with E-state index < -0.39 is 0 Å². The smallest absolute Gasteiger partial charge is 0.275 e. The minimum absolute atomic E-state index is 0.0851. The summed E-state index contributed by atoms with van der Waals surface area (Å²) in [6, 6.07) is 18.2. The number of aromatic nitrogens is 2. The van der Waals surface area contributed by atoms with E-state index in [2.05, 4.69) is 18.2 Å². The van der Waals surface area contributed by atoms with Gasteiger partial charge < -0.3 is 5.73 Å². The molecule has 0 saturated heterocycles. The molecule has 4 nitrogen and oxygen atoms in total. The number of fused-ring (bicyclic) bond motifs is 5. The molecule has 0 aliphatic heterocycles. The molecule has 2 aromatic carbocycles. The van der Waals surface area contributed by atoms with Crippen molar-refractivity contribution in [3.8, 4) is 0 Å². The number of rotatable bonds is 1. The molecule has 28 heavy (non-hydrogen) atoms. The Bertz CT molecular complexity index is 1370. The molecule has 1 aliphatic rings. The maximum Gasteiger partial charge on any atom is 0.275 e. The largest absolute Gasteiger partial charge is 0.397 e. The fourth-order valence-corrected chi connectivity index (χ4v) is 5.43. The number of aryl methyl sites for hydroxylation is 2. The average molecular weight is 383 g/mol. The van der Waals surface area contributed by atoms with E-state index in [4.69, 9.17) is 10.7 Å². The molecule has 0 radical (unpaired) electrons. The third-order valence-electron chi connectivity index (χ3n) is 5.73. The molecule has 0 spiro atoms. The summed E-state index contributed by atoms with van der Waals surface area (Å²) in [6.07, 6.45) is 3.20. The molecule has 2 N–H and O–H groups in total. The molecule has 5 heteroatoms. The van der Waals surface area contributed by atoms with E-state index in [1.807, 2.05) is 36.4 Å². The summed E-state index contributed by atoms with van der Waals surface area (Å²) >= 11 is 1.41. The highest BCUT2D eigenvalue weighted by atomic mass is 32.1. The zero-order valence-corrected chi connectivity index (χ0v) is 15.9. The number of thiophene rings is 1. The predicted molar refractivity (Wildman–Crippen MR) is 115 cm³/mol. The number of carbonyl (C=O) groups excluding carboxylic acids is 1. The normalized spacial score (nSPS) is 13.6. The van der Waals surface area contributed by atoms with Gasteiger partial charge in [-0.15, -0.1) is 11.3 Å². The van der Waals surface area contributed by atoms with Gasteiger partial charge in [-0.05, 0) is 43.0 Å². The van der Waals surface area contributed by atoms with Gasteiger partial charge in [0.15, 0.2) is 0 Å². The molecule has 0 bridgehead atoms. The molecule has 0 amide bonds. The van der Waals surface area contributed by atoms with Gasteiger partial charge in [-0.1, -0.05) is 36.4 Å². The van der Waals surface area contributed by atoms with Gasteiger partial charge in [0.05, 0.1) is 16.7 Å². The zero-order chi connectivity index (χ0) is 18.8. The van der Waals surface area contributed by atoms with Crippen LogP contribution in [0.25, 0.3) is 32.0 Å². The summed E-state index contributed by atoms with van der Waals surface area (Å²) in [5.41, 5.74) is 11.3. The highest BCUT2D eigenvalue weighted by Crippen LogP contribution is 2.38. The molecule has 0 fully saturated rings. The Kier molecular flexibility index (Phi) is 3.20. The lowest BCUT2D eigenvalue weighted by molar-refractivity contribution is 0.0974. The third kappa shape index (κ3) is 2.05. The number of carbonyl (C=O) groups is 1. The Balaban J connectivity index is 1.62. The predicted octanol–water partition coefficient (Wildman–Crippen LogP) is 5.16. The van der Waals surface area contributed by atoms with Crippen molar-refractivity contribution >= 4 is 55.0 Å². The molecule has 0 saturated carbocycles. The molecular formula is C23H17N3OS. The third-order valence-corrected chi connectivity index (χ3v) is 6.83. The first-order valence-electron chi connectivity index (χ1n) is 9.46. The first kappa shape index (κ1) is 15.8. The maximum absolute atomic E-state index is 13.6. The first-order valence-corrected chi connectivity index (χ1v) is 10.3. The first-order chi connectivity index (χ1) is 13.7. The Labute approximate surface area is 165 Å².